The first kappa shape index (κ1) is 15.9. The third-order valence-corrected chi connectivity index (χ3v) is 5.05. The molecule has 6 nitrogen and oxygen atoms in total. The van der Waals surface area contributed by atoms with Gasteiger partial charge in [0.25, 0.3) is 5.09 Å². The van der Waals surface area contributed by atoms with E-state index in [1.165, 1.54) is 12.1 Å². The predicted octanol–water partition coefficient (Wildman–Crippen LogP) is 3.18. The number of hydrogen-bond acceptors (Lipinski definition) is 5. The first-order chi connectivity index (χ1) is 11.4. The number of hydrogen-bond donors (Lipinski definition) is 1. The summed E-state index contributed by atoms with van der Waals surface area (Å²) in [6.07, 6.45) is 0. The smallest absolute Gasteiger partial charge is 0.359 e. The molecule has 0 atom stereocenters. The number of oxazole rings is 1. The highest BCUT2D eigenvalue weighted by atomic mass is 32.2. The maximum absolute atomic E-state index is 12.7. The van der Waals surface area contributed by atoms with E-state index in [2.05, 4.69) is 4.98 Å². The number of aromatic carboxylic acids is 1. The molecule has 1 aromatic heterocycles. The van der Waals surface area contributed by atoms with Crippen LogP contribution in [-0.4, -0.2) is 24.5 Å². The Hall–Kier alpha value is -2.93. The second kappa shape index (κ2) is 5.93. The molecule has 0 radical (unpaired) electrons. The number of carboxylic acids is 1. The largest absolute Gasteiger partial charge is 0.476 e. The zero-order chi connectivity index (χ0) is 17.3. The van der Waals surface area contributed by atoms with E-state index in [4.69, 9.17) is 4.42 Å². The van der Waals surface area contributed by atoms with Crippen molar-refractivity contribution >= 4 is 15.8 Å². The predicted molar refractivity (Wildman–Crippen MR) is 85.5 cm³/mol. The van der Waals surface area contributed by atoms with Crippen LogP contribution in [-0.2, 0) is 9.84 Å². The Balaban J connectivity index is 2.18. The van der Waals surface area contributed by atoms with Gasteiger partial charge in [-0.2, -0.15) is 0 Å². The molecule has 2 aromatic carbocycles. The Morgan fingerprint density at radius 1 is 1.04 bits per heavy atom. The van der Waals surface area contributed by atoms with Gasteiger partial charge in [-0.25, -0.2) is 18.2 Å². The van der Waals surface area contributed by atoms with Gasteiger partial charge in [0.2, 0.25) is 21.4 Å². The van der Waals surface area contributed by atoms with Crippen molar-refractivity contribution in [1.29, 1.82) is 0 Å². The van der Waals surface area contributed by atoms with Crippen molar-refractivity contribution in [3.05, 3.63) is 65.9 Å². The number of aryl methyl sites for hydroxylation is 1. The molecule has 7 heteroatoms. The number of rotatable bonds is 4. The summed E-state index contributed by atoms with van der Waals surface area (Å²) in [7, 11) is -4.13. The Bertz CT molecular complexity index is 989. The van der Waals surface area contributed by atoms with Gasteiger partial charge in [-0.1, -0.05) is 35.9 Å². The summed E-state index contributed by atoms with van der Waals surface area (Å²) in [6, 6.07) is 14.6. The normalized spacial score (nSPS) is 11.4. The fraction of sp³-hybridized carbons (Fsp3) is 0.0588. The van der Waals surface area contributed by atoms with Crippen LogP contribution in [0.15, 0.2) is 69.0 Å². The van der Waals surface area contributed by atoms with Crippen molar-refractivity contribution < 1.29 is 22.7 Å². The Morgan fingerprint density at radius 2 is 1.67 bits per heavy atom. The monoisotopic (exact) mass is 343 g/mol. The number of carboxylic acid groups (broad SMARTS) is 1. The van der Waals surface area contributed by atoms with E-state index in [0.29, 0.717) is 5.56 Å². The highest BCUT2D eigenvalue weighted by molar-refractivity contribution is 7.91. The highest BCUT2D eigenvalue weighted by Gasteiger charge is 2.32. The van der Waals surface area contributed by atoms with Gasteiger partial charge in [0.15, 0.2) is 0 Å². The lowest BCUT2D eigenvalue weighted by molar-refractivity contribution is 0.0684. The van der Waals surface area contributed by atoms with E-state index >= 15 is 0 Å². The van der Waals surface area contributed by atoms with Gasteiger partial charge in [0.05, 0.1) is 4.90 Å². The number of aromatic nitrogens is 1. The molecule has 0 saturated carbocycles. The lowest BCUT2D eigenvalue weighted by atomic mass is 10.2. The fourth-order valence-electron chi connectivity index (χ4n) is 2.15. The van der Waals surface area contributed by atoms with Crippen LogP contribution in [0.3, 0.4) is 0 Å². The quantitative estimate of drug-likeness (QED) is 0.781. The maximum Gasteiger partial charge on any atom is 0.359 e. The minimum Gasteiger partial charge on any atom is -0.476 e. The van der Waals surface area contributed by atoms with Gasteiger partial charge in [0, 0.05) is 5.56 Å². The van der Waals surface area contributed by atoms with Crippen molar-refractivity contribution in [2.75, 3.05) is 0 Å². The van der Waals surface area contributed by atoms with E-state index in [1.54, 1.807) is 42.5 Å². The van der Waals surface area contributed by atoms with E-state index < -0.39 is 26.6 Å². The lowest BCUT2D eigenvalue weighted by Gasteiger charge is -2.02. The molecule has 3 rings (SSSR count). The van der Waals surface area contributed by atoms with E-state index in [0.717, 1.165) is 5.56 Å². The lowest BCUT2D eigenvalue weighted by Crippen LogP contribution is -2.08. The molecule has 0 spiro atoms. The Kier molecular flexibility index (Phi) is 3.94. The maximum atomic E-state index is 12.7. The standard InChI is InChI=1S/C17H13NO5S/c1-11-7-9-13(10-8-11)24(21,22)17-14(16(19)20)18-15(23-17)12-5-3-2-4-6-12/h2-10H,1H3,(H,19,20). The summed E-state index contributed by atoms with van der Waals surface area (Å²) < 4.78 is 30.8. The number of nitrogens with zero attached hydrogens (tertiary/aromatic N) is 1. The second-order valence-corrected chi connectivity index (χ2v) is 6.99. The molecule has 0 unspecified atom stereocenters. The molecule has 0 saturated heterocycles. The summed E-state index contributed by atoms with van der Waals surface area (Å²) in [4.78, 5) is 15.2. The van der Waals surface area contributed by atoms with Crippen LogP contribution in [0.5, 0.6) is 0 Å². The molecule has 0 aliphatic carbocycles. The van der Waals surface area contributed by atoms with Crippen molar-refractivity contribution in [2.45, 2.75) is 16.9 Å². The molecule has 1 heterocycles. The van der Waals surface area contributed by atoms with Gasteiger partial charge in [-0.3, -0.25) is 0 Å². The molecular formula is C17H13NO5S. The summed E-state index contributed by atoms with van der Waals surface area (Å²) >= 11 is 0. The average molecular weight is 343 g/mol. The van der Waals surface area contributed by atoms with Crippen molar-refractivity contribution in [2.24, 2.45) is 0 Å². The summed E-state index contributed by atoms with van der Waals surface area (Å²) in [6.45, 7) is 1.82. The molecule has 0 amide bonds. The topological polar surface area (TPSA) is 97.5 Å². The van der Waals surface area contributed by atoms with Crippen molar-refractivity contribution in [1.82, 2.24) is 4.98 Å². The molecule has 0 fully saturated rings. The molecule has 0 aliphatic heterocycles. The van der Waals surface area contributed by atoms with Crippen LogP contribution in [0.2, 0.25) is 0 Å². The minimum atomic E-state index is -4.13. The van der Waals surface area contributed by atoms with Crippen LogP contribution >= 0.6 is 0 Å². The summed E-state index contributed by atoms with van der Waals surface area (Å²) in [5.41, 5.74) is 0.745. The number of benzene rings is 2. The van der Waals surface area contributed by atoms with Crippen LogP contribution in [0.25, 0.3) is 11.5 Å². The van der Waals surface area contributed by atoms with Gasteiger partial charge >= 0.3 is 5.97 Å². The zero-order valence-electron chi connectivity index (χ0n) is 12.6. The molecule has 122 valence electrons. The van der Waals surface area contributed by atoms with Crippen LogP contribution in [0.1, 0.15) is 16.1 Å². The summed E-state index contributed by atoms with van der Waals surface area (Å²) in [5, 5.41) is 8.62. The fourth-order valence-corrected chi connectivity index (χ4v) is 3.44. The molecule has 1 N–H and O–H groups in total. The van der Waals surface area contributed by atoms with Crippen LogP contribution in [0, 0.1) is 6.92 Å². The average Bonchev–Trinajstić information content (AvgIpc) is 3.02. The van der Waals surface area contributed by atoms with E-state index in [-0.39, 0.29) is 10.8 Å². The number of sulfone groups is 1. The van der Waals surface area contributed by atoms with E-state index in [9.17, 15) is 18.3 Å². The van der Waals surface area contributed by atoms with Crippen LogP contribution in [0.4, 0.5) is 0 Å². The second-order valence-electron chi connectivity index (χ2n) is 5.14. The highest BCUT2D eigenvalue weighted by Crippen LogP contribution is 2.29. The third-order valence-electron chi connectivity index (χ3n) is 3.39. The minimum absolute atomic E-state index is 0.0497. The van der Waals surface area contributed by atoms with Crippen LogP contribution < -0.4 is 0 Å². The third kappa shape index (κ3) is 2.81. The summed E-state index contributed by atoms with van der Waals surface area (Å²) in [5.74, 6) is -1.52. The molecule has 0 bridgehead atoms. The Morgan fingerprint density at radius 3 is 2.25 bits per heavy atom. The van der Waals surface area contributed by atoms with Gasteiger partial charge < -0.3 is 9.52 Å². The van der Waals surface area contributed by atoms with Crippen molar-refractivity contribution in [3.63, 3.8) is 0 Å². The van der Waals surface area contributed by atoms with E-state index in [1.807, 2.05) is 6.92 Å². The molecule has 3 aromatic rings. The first-order valence-corrected chi connectivity index (χ1v) is 8.49. The molecule has 0 aliphatic rings. The first-order valence-electron chi connectivity index (χ1n) is 7.01. The molecule has 24 heavy (non-hydrogen) atoms. The van der Waals surface area contributed by atoms with Gasteiger partial charge in [-0.05, 0) is 31.2 Å². The van der Waals surface area contributed by atoms with Crippen molar-refractivity contribution in [3.8, 4) is 11.5 Å². The zero-order valence-corrected chi connectivity index (χ0v) is 13.4. The molecular weight excluding hydrogens is 330 g/mol. The SMILES string of the molecule is Cc1ccc(S(=O)(=O)c2oc(-c3ccccc3)nc2C(=O)O)cc1. The van der Waals surface area contributed by atoms with Gasteiger partial charge in [0.1, 0.15) is 0 Å². The Labute approximate surface area is 138 Å². The number of carbonyl (C=O) groups is 1. The van der Waals surface area contributed by atoms with Gasteiger partial charge in [-0.15, -0.1) is 0 Å².